The number of hydrogen-bond acceptors (Lipinski definition) is 4. The van der Waals surface area contributed by atoms with Gasteiger partial charge in [-0.25, -0.2) is 0 Å². The third-order valence-electron chi connectivity index (χ3n) is 4.82. The van der Waals surface area contributed by atoms with E-state index in [9.17, 15) is 14.4 Å². The minimum absolute atomic E-state index is 0.0829. The van der Waals surface area contributed by atoms with Crippen LogP contribution in [0.1, 0.15) is 38.3 Å². The Morgan fingerprint density at radius 1 is 0.900 bits per heavy atom. The number of amides is 3. The maximum atomic E-state index is 12.3. The van der Waals surface area contributed by atoms with Gasteiger partial charge in [0.05, 0.1) is 11.1 Å². The van der Waals surface area contributed by atoms with E-state index in [1.165, 1.54) is 11.6 Å². The van der Waals surface area contributed by atoms with Gasteiger partial charge in [0, 0.05) is 18.2 Å². The molecular weight excluding hydrogens is 380 g/mol. The van der Waals surface area contributed by atoms with E-state index in [0.717, 1.165) is 5.56 Å². The first-order valence-electron chi connectivity index (χ1n) is 9.61. The van der Waals surface area contributed by atoms with Crippen LogP contribution in [0.3, 0.4) is 0 Å². The van der Waals surface area contributed by atoms with E-state index >= 15 is 0 Å². The predicted molar refractivity (Wildman–Crippen MR) is 113 cm³/mol. The Hall–Kier alpha value is -3.93. The third-order valence-corrected chi connectivity index (χ3v) is 4.82. The van der Waals surface area contributed by atoms with E-state index in [1.54, 1.807) is 36.4 Å². The molecule has 1 aliphatic rings. The first-order valence-corrected chi connectivity index (χ1v) is 9.61. The SMILES string of the molecule is Cc1ccc(CCC(=O)Nc2cccc(Oc3ccc4c(c3)C(=O)NC4=O)c2)cc1. The van der Waals surface area contributed by atoms with E-state index in [1.807, 2.05) is 31.2 Å². The fraction of sp³-hybridized carbons (Fsp3) is 0.125. The molecule has 0 atom stereocenters. The van der Waals surface area contributed by atoms with E-state index in [-0.39, 0.29) is 11.5 Å². The van der Waals surface area contributed by atoms with Crippen molar-refractivity contribution in [2.24, 2.45) is 0 Å². The first-order chi connectivity index (χ1) is 14.5. The van der Waals surface area contributed by atoms with Crippen LogP contribution in [0.25, 0.3) is 0 Å². The van der Waals surface area contributed by atoms with Gasteiger partial charge in [0.25, 0.3) is 11.8 Å². The first kappa shape index (κ1) is 19.4. The average molecular weight is 400 g/mol. The molecule has 0 saturated carbocycles. The van der Waals surface area contributed by atoms with Crippen LogP contribution in [0.4, 0.5) is 5.69 Å². The topological polar surface area (TPSA) is 84.5 Å². The predicted octanol–water partition coefficient (Wildman–Crippen LogP) is 4.24. The van der Waals surface area contributed by atoms with Gasteiger partial charge < -0.3 is 10.1 Å². The van der Waals surface area contributed by atoms with Crippen LogP contribution >= 0.6 is 0 Å². The van der Waals surface area contributed by atoms with Crippen LogP contribution in [0, 0.1) is 6.92 Å². The van der Waals surface area contributed by atoms with Gasteiger partial charge >= 0.3 is 0 Å². The number of carbonyl (C=O) groups is 3. The maximum absolute atomic E-state index is 12.3. The summed E-state index contributed by atoms with van der Waals surface area (Å²) < 4.78 is 5.81. The van der Waals surface area contributed by atoms with Crippen molar-refractivity contribution in [2.45, 2.75) is 19.8 Å². The summed E-state index contributed by atoms with van der Waals surface area (Å²) >= 11 is 0. The fourth-order valence-electron chi connectivity index (χ4n) is 3.22. The van der Waals surface area contributed by atoms with Crippen molar-refractivity contribution < 1.29 is 19.1 Å². The summed E-state index contributed by atoms with van der Waals surface area (Å²) in [6, 6.07) is 19.9. The molecule has 6 heteroatoms. The molecule has 3 aromatic carbocycles. The van der Waals surface area contributed by atoms with Crippen LogP contribution in [-0.2, 0) is 11.2 Å². The molecule has 0 radical (unpaired) electrons. The number of ether oxygens (including phenoxy) is 1. The van der Waals surface area contributed by atoms with Gasteiger partial charge in [-0.1, -0.05) is 35.9 Å². The lowest BCUT2D eigenvalue weighted by Crippen LogP contribution is -2.19. The van der Waals surface area contributed by atoms with Crippen molar-refractivity contribution in [3.63, 3.8) is 0 Å². The molecule has 0 aliphatic carbocycles. The molecule has 0 saturated heterocycles. The van der Waals surface area contributed by atoms with E-state index in [2.05, 4.69) is 10.6 Å². The molecule has 0 bridgehead atoms. The summed E-state index contributed by atoms with van der Waals surface area (Å²) in [5.74, 6) is 0.0184. The summed E-state index contributed by atoms with van der Waals surface area (Å²) in [6.07, 6.45) is 1.04. The molecule has 2 N–H and O–H groups in total. The number of benzene rings is 3. The highest BCUT2D eigenvalue weighted by molar-refractivity contribution is 6.21. The second-order valence-electron chi connectivity index (χ2n) is 7.15. The molecule has 150 valence electrons. The highest BCUT2D eigenvalue weighted by Gasteiger charge is 2.26. The molecule has 6 nitrogen and oxygen atoms in total. The van der Waals surface area contributed by atoms with Gasteiger partial charge in [-0.15, -0.1) is 0 Å². The molecule has 0 unspecified atom stereocenters. The molecule has 4 rings (SSSR count). The number of aryl methyl sites for hydroxylation is 2. The zero-order valence-corrected chi connectivity index (χ0v) is 16.4. The molecule has 0 fully saturated rings. The molecule has 1 aliphatic heterocycles. The minimum Gasteiger partial charge on any atom is -0.457 e. The smallest absolute Gasteiger partial charge is 0.259 e. The number of anilines is 1. The van der Waals surface area contributed by atoms with Crippen LogP contribution in [0.15, 0.2) is 66.7 Å². The highest BCUT2D eigenvalue weighted by atomic mass is 16.5. The van der Waals surface area contributed by atoms with Crippen molar-refractivity contribution in [3.05, 3.63) is 89.0 Å². The lowest BCUT2D eigenvalue weighted by molar-refractivity contribution is -0.116. The van der Waals surface area contributed by atoms with E-state index in [4.69, 9.17) is 4.74 Å². The Kier molecular flexibility index (Phi) is 5.30. The largest absolute Gasteiger partial charge is 0.457 e. The molecule has 0 spiro atoms. The van der Waals surface area contributed by atoms with Crippen LogP contribution < -0.4 is 15.4 Å². The molecular formula is C24H20N2O4. The third kappa shape index (κ3) is 4.38. The molecule has 0 aromatic heterocycles. The van der Waals surface area contributed by atoms with Crippen molar-refractivity contribution >= 4 is 23.4 Å². The molecule has 3 amide bonds. The summed E-state index contributed by atoms with van der Waals surface area (Å²) in [6.45, 7) is 2.03. The minimum atomic E-state index is -0.435. The molecule has 1 heterocycles. The van der Waals surface area contributed by atoms with Gasteiger partial charge in [0.1, 0.15) is 11.5 Å². The van der Waals surface area contributed by atoms with Crippen LogP contribution in [0.2, 0.25) is 0 Å². The highest BCUT2D eigenvalue weighted by Crippen LogP contribution is 2.27. The number of fused-ring (bicyclic) bond motifs is 1. The normalized spacial score (nSPS) is 12.3. The summed E-state index contributed by atoms with van der Waals surface area (Å²) in [7, 11) is 0. The van der Waals surface area contributed by atoms with Gasteiger partial charge in [0.15, 0.2) is 0 Å². The monoisotopic (exact) mass is 400 g/mol. The molecule has 3 aromatic rings. The quantitative estimate of drug-likeness (QED) is 0.606. The second-order valence-corrected chi connectivity index (χ2v) is 7.15. The molecule has 30 heavy (non-hydrogen) atoms. The Morgan fingerprint density at radius 3 is 2.43 bits per heavy atom. The fourth-order valence-corrected chi connectivity index (χ4v) is 3.22. The van der Waals surface area contributed by atoms with Crippen LogP contribution in [-0.4, -0.2) is 17.7 Å². The number of hydrogen-bond donors (Lipinski definition) is 2. The van der Waals surface area contributed by atoms with Gasteiger partial charge in [-0.05, 0) is 49.2 Å². The van der Waals surface area contributed by atoms with Gasteiger partial charge in [-0.3, -0.25) is 19.7 Å². The zero-order valence-electron chi connectivity index (χ0n) is 16.4. The lowest BCUT2D eigenvalue weighted by atomic mass is 10.1. The maximum Gasteiger partial charge on any atom is 0.259 e. The Labute approximate surface area is 173 Å². The number of carbonyl (C=O) groups excluding carboxylic acids is 3. The van der Waals surface area contributed by atoms with Crippen molar-refractivity contribution in [1.29, 1.82) is 0 Å². The standard InChI is InChI=1S/C24H20N2O4/c1-15-5-7-16(8-6-15)9-12-22(27)25-17-3-2-4-18(13-17)30-19-10-11-20-21(14-19)24(29)26-23(20)28/h2-8,10-11,13-14H,9,12H2,1H3,(H,25,27)(H,26,28,29). The van der Waals surface area contributed by atoms with Crippen molar-refractivity contribution in [1.82, 2.24) is 5.32 Å². The van der Waals surface area contributed by atoms with Crippen molar-refractivity contribution in [3.8, 4) is 11.5 Å². The number of rotatable bonds is 6. The lowest BCUT2D eigenvalue weighted by Gasteiger charge is -2.10. The van der Waals surface area contributed by atoms with Crippen LogP contribution in [0.5, 0.6) is 11.5 Å². The Bertz CT molecular complexity index is 1140. The Morgan fingerprint density at radius 2 is 1.63 bits per heavy atom. The number of imide groups is 1. The van der Waals surface area contributed by atoms with Gasteiger partial charge in [-0.2, -0.15) is 0 Å². The number of nitrogens with one attached hydrogen (secondary N) is 2. The van der Waals surface area contributed by atoms with Crippen molar-refractivity contribution in [2.75, 3.05) is 5.32 Å². The summed E-state index contributed by atoms with van der Waals surface area (Å²) in [5.41, 5.74) is 3.55. The van der Waals surface area contributed by atoms with Gasteiger partial charge in [0.2, 0.25) is 5.91 Å². The summed E-state index contributed by atoms with van der Waals surface area (Å²) in [4.78, 5) is 35.7. The Balaban J connectivity index is 1.39. The zero-order chi connectivity index (χ0) is 21.1. The van der Waals surface area contributed by atoms with E-state index in [0.29, 0.717) is 35.6 Å². The van der Waals surface area contributed by atoms with E-state index < -0.39 is 11.8 Å². The average Bonchev–Trinajstić information content (AvgIpc) is 3.01. The second kappa shape index (κ2) is 8.21. The summed E-state index contributed by atoms with van der Waals surface area (Å²) in [5, 5.41) is 5.13.